The molecule has 1 saturated heterocycles. The van der Waals surface area contributed by atoms with E-state index in [0.29, 0.717) is 24.3 Å². The fourth-order valence-electron chi connectivity index (χ4n) is 5.32. The molecule has 1 N–H and O–H groups in total. The van der Waals surface area contributed by atoms with Gasteiger partial charge < -0.3 is 19.5 Å². The van der Waals surface area contributed by atoms with Crippen LogP contribution in [0.15, 0.2) is 30.3 Å². The second-order valence-electron chi connectivity index (χ2n) is 9.70. The van der Waals surface area contributed by atoms with Crippen molar-refractivity contribution in [2.24, 2.45) is 0 Å². The zero-order chi connectivity index (χ0) is 23.8. The molecule has 2 atom stereocenters. The molecule has 3 heterocycles. The summed E-state index contributed by atoms with van der Waals surface area (Å²) in [5, 5.41) is 10.9. The van der Waals surface area contributed by atoms with Crippen LogP contribution in [-0.2, 0) is 28.9 Å². The van der Waals surface area contributed by atoms with Gasteiger partial charge >= 0.3 is 11.9 Å². The van der Waals surface area contributed by atoms with Crippen LogP contribution in [0.2, 0.25) is 0 Å². The van der Waals surface area contributed by atoms with Crippen molar-refractivity contribution >= 4 is 11.9 Å². The van der Waals surface area contributed by atoms with Gasteiger partial charge in [0.1, 0.15) is 12.7 Å². The predicted molar refractivity (Wildman–Crippen MR) is 127 cm³/mol. The molecule has 5 rings (SSSR count). The van der Waals surface area contributed by atoms with Crippen molar-refractivity contribution in [2.75, 3.05) is 39.3 Å². The number of β-amino-alcohol motifs (C(OH)–C–C–N with tert-alkyl or cyclic N) is 1. The molecule has 34 heavy (non-hydrogen) atoms. The third-order valence-corrected chi connectivity index (χ3v) is 7.38. The van der Waals surface area contributed by atoms with Gasteiger partial charge in [-0.2, -0.15) is 0 Å². The third kappa shape index (κ3) is 4.60. The van der Waals surface area contributed by atoms with Gasteiger partial charge in [0.15, 0.2) is 0 Å². The van der Waals surface area contributed by atoms with Crippen LogP contribution in [0.3, 0.4) is 0 Å². The number of carbonyl (C=O) groups excluding carboxylic acids is 2. The Kier molecular flexibility index (Phi) is 6.42. The fourth-order valence-corrected chi connectivity index (χ4v) is 5.32. The second-order valence-corrected chi connectivity index (χ2v) is 9.70. The molecule has 2 aromatic rings. The Morgan fingerprint density at radius 1 is 1.03 bits per heavy atom. The van der Waals surface area contributed by atoms with E-state index in [4.69, 9.17) is 9.47 Å². The second kappa shape index (κ2) is 9.49. The summed E-state index contributed by atoms with van der Waals surface area (Å²) in [6.45, 7) is 9.51. The Labute approximate surface area is 200 Å². The van der Waals surface area contributed by atoms with Crippen LogP contribution in [0.1, 0.15) is 61.6 Å². The number of aliphatic hydroxyl groups excluding tert-OH is 1. The van der Waals surface area contributed by atoms with Crippen LogP contribution < -0.4 is 0 Å². The van der Waals surface area contributed by atoms with Crippen LogP contribution in [0, 0.1) is 6.92 Å². The molecule has 1 fully saturated rings. The Bertz CT molecular complexity index is 1110. The number of fused-ring (bicyclic) bond motifs is 2. The molecule has 7 nitrogen and oxygen atoms in total. The first-order chi connectivity index (χ1) is 16.4. The number of rotatable bonds is 6. The third-order valence-electron chi connectivity index (χ3n) is 7.38. The van der Waals surface area contributed by atoms with Gasteiger partial charge in [-0.15, -0.1) is 0 Å². The first-order valence-electron chi connectivity index (χ1n) is 12.1. The van der Waals surface area contributed by atoms with Gasteiger partial charge in [-0.05, 0) is 54.7 Å². The maximum absolute atomic E-state index is 12.0. The summed E-state index contributed by atoms with van der Waals surface area (Å²) in [6.07, 6.45) is 1.09. The smallest absolute Gasteiger partial charge is 0.338 e. The maximum atomic E-state index is 12.0. The SMILES string of the molecule is Cc1c([C@@H](O)CN2CCN(CCc3ccc4c(c3)C[C@@H](C)OC4=O)CC2)ccc2c1COC2=O. The van der Waals surface area contributed by atoms with Crippen molar-refractivity contribution in [1.29, 1.82) is 0 Å². The van der Waals surface area contributed by atoms with Gasteiger partial charge in [0, 0.05) is 51.3 Å². The van der Waals surface area contributed by atoms with Gasteiger partial charge in [-0.1, -0.05) is 18.2 Å². The summed E-state index contributed by atoms with van der Waals surface area (Å²) < 4.78 is 10.5. The van der Waals surface area contributed by atoms with Crippen molar-refractivity contribution in [3.63, 3.8) is 0 Å². The van der Waals surface area contributed by atoms with Crippen molar-refractivity contribution < 1.29 is 24.2 Å². The molecule has 0 unspecified atom stereocenters. The molecule has 0 aliphatic carbocycles. The molecule has 2 aromatic carbocycles. The summed E-state index contributed by atoms with van der Waals surface area (Å²) in [5.74, 6) is -0.488. The molecular weight excluding hydrogens is 432 g/mol. The molecule has 0 amide bonds. The van der Waals surface area contributed by atoms with Gasteiger partial charge in [0.05, 0.1) is 17.2 Å². The lowest BCUT2D eigenvalue weighted by atomic mass is 9.95. The summed E-state index contributed by atoms with van der Waals surface area (Å²) >= 11 is 0. The number of hydrogen-bond acceptors (Lipinski definition) is 7. The van der Waals surface area contributed by atoms with Crippen LogP contribution in [0.5, 0.6) is 0 Å². The number of ether oxygens (including phenoxy) is 2. The number of nitrogens with zero attached hydrogens (tertiary/aromatic N) is 2. The average Bonchev–Trinajstić information content (AvgIpc) is 3.20. The topological polar surface area (TPSA) is 79.3 Å². The van der Waals surface area contributed by atoms with Crippen LogP contribution in [-0.4, -0.2) is 72.2 Å². The number of hydrogen-bond donors (Lipinski definition) is 1. The number of carbonyl (C=O) groups is 2. The number of aliphatic hydroxyl groups is 1. The summed E-state index contributed by atoms with van der Waals surface area (Å²) in [4.78, 5) is 28.6. The molecule has 3 aliphatic heterocycles. The number of esters is 2. The molecule has 0 radical (unpaired) electrons. The summed E-state index contributed by atoms with van der Waals surface area (Å²) in [5.41, 5.74) is 6.42. The van der Waals surface area contributed by atoms with E-state index in [9.17, 15) is 14.7 Å². The van der Waals surface area contributed by atoms with Crippen LogP contribution in [0.4, 0.5) is 0 Å². The van der Waals surface area contributed by atoms with Gasteiger partial charge in [0.25, 0.3) is 0 Å². The maximum Gasteiger partial charge on any atom is 0.338 e. The molecule has 7 heteroatoms. The minimum Gasteiger partial charge on any atom is -0.459 e. The highest BCUT2D eigenvalue weighted by molar-refractivity contribution is 5.94. The highest BCUT2D eigenvalue weighted by Crippen LogP contribution is 2.29. The molecule has 0 saturated carbocycles. The van der Waals surface area contributed by atoms with Crippen LogP contribution >= 0.6 is 0 Å². The molecule has 180 valence electrons. The molecule has 3 aliphatic rings. The Hall–Kier alpha value is -2.74. The molecule has 0 spiro atoms. The Morgan fingerprint density at radius 2 is 1.76 bits per heavy atom. The zero-order valence-corrected chi connectivity index (χ0v) is 19.9. The normalized spacial score (nSPS) is 21.6. The number of piperazine rings is 1. The van der Waals surface area contributed by atoms with E-state index in [1.54, 1.807) is 6.07 Å². The van der Waals surface area contributed by atoms with Gasteiger partial charge in [0.2, 0.25) is 0 Å². The van der Waals surface area contributed by atoms with E-state index in [-0.39, 0.29) is 18.0 Å². The van der Waals surface area contributed by atoms with Gasteiger partial charge in [-0.25, -0.2) is 9.59 Å². The number of cyclic esters (lactones) is 2. The lowest BCUT2D eigenvalue weighted by molar-refractivity contribution is 0.0301. The van der Waals surface area contributed by atoms with Crippen LogP contribution in [0.25, 0.3) is 0 Å². The van der Waals surface area contributed by atoms with Gasteiger partial charge in [-0.3, -0.25) is 4.90 Å². The fraction of sp³-hybridized carbons (Fsp3) is 0.481. The Morgan fingerprint density at radius 3 is 2.56 bits per heavy atom. The first kappa shape index (κ1) is 23.0. The first-order valence-corrected chi connectivity index (χ1v) is 12.1. The molecule has 0 aromatic heterocycles. The van der Waals surface area contributed by atoms with Crippen molar-refractivity contribution in [2.45, 2.75) is 45.5 Å². The number of benzene rings is 2. The lowest BCUT2D eigenvalue weighted by Crippen LogP contribution is -2.48. The van der Waals surface area contributed by atoms with E-state index < -0.39 is 6.10 Å². The molecular formula is C27H32N2O5. The van der Waals surface area contributed by atoms with E-state index in [0.717, 1.165) is 67.8 Å². The quantitative estimate of drug-likeness (QED) is 0.659. The van der Waals surface area contributed by atoms with E-state index in [1.165, 1.54) is 5.56 Å². The largest absolute Gasteiger partial charge is 0.459 e. The summed E-state index contributed by atoms with van der Waals surface area (Å²) in [7, 11) is 0. The van der Waals surface area contributed by atoms with E-state index in [2.05, 4.69) is 15.9 Å². The Balaban J connectivity index is 1.12. The highest BCUT2D eigenvalue weighted by atomic mass is 16.5. The lowest BCUT2D eigenvalue weighted by Gasteiger charge is -2.36. The van der Waals surface area contributed by atoms with E-state index >= 15 is 0 Å². The minimum atomic E-state index is -0.586. The minimum absolute atomic E-state index is 0.0601. The predicted octanol–water partition coefficient (Wildman–Crippen LogP) is 2.66. The highest BCUT2D eigenvalue weighted by Gasteiger charge is 2.27. The molecule has 0 bridgehead atoms. The standard InChI is InChI=1S/C27H32N2O5/c1-17-13-20-14-19(3-4-22(20)27(32)34-17)7-8-28-9-11-29(12-10-28)15-25(30)21-5-6-23-24(18(21)2)16-33-26(23)31/h3-6,14,17,25,30H,7-13,15-16H2,1-2H3/t17-,25+/m1/s1. The van der Waals surface area contributed by atoms with Crippen molar-refractivity contribution in [3.8, 4) is 0 Å². The van der Waals surface area contributed by atoms with Crippen molar-refractivity contribution in [3.05, 3.63) is 69.3 Å². The average molecular weight is 465 g/mol. The zero-order valence-electron chi connectivity index (χ0n) is 19.9. The van der Waals surface area contributed by atoms with Crippen molar-refractivity contribution in [1.82, 2.24) is 9.80 Å². The monoisotopic (exact) mass is 464 g/mol. The van der Waals surface area contributed by atoms with E-state index in [1.807, 2.05) is 32.0 Å². The summed E-state index contributed by atoms with van der Waals surface area (Å²) in [6, 6.07) is 9.75.